The van der Waals surface area contributed by atoms with Crippen LogP contribution in [0.15, 0.2) is 53.0 Å². The molecular formula is C15H16BrN3O. The van der Waals surface area contributed by atoms with Crippen molar-refractivity contribution >= 4 is 27.5 Å². The summed E-state index contributed by atoms with van der Waals surface area (Å²) in [5, 5.41) is 2.96. The van der Waals surface area contributed by atoms with Crippen LogP contribution < -0.4 is 16.6 Å². The first-order chi connectivity index (χ1) is 9.61. The lowest BCUT2D eigenvalue weighted by Crippen LogP contribution is -2.27. The van der Waals surface area contributed by atoms with E-state index in [0.29, 0.717) is 11.3 Å². The van der Waals surface area contributed by atoms with E-state index < -0.39 is 0 Å². The Morgan fingerprint density at radius 3 is 2.45 bits per heavy atom. The quantitative estimate of drug-likeness (QED) is 0.594. The number of carbonyl (C=O) groups excluding carboxylic acids is 1. The first-order valence-electron chi connectivity index (χ1n) is 6.24. The van der Waals surface area contributed by atoms with E-state index in [2.05, 4.69) is 26.7 Å². The predicted octanol–water partition coefficient (Wildman–Crippen LogP) is 3.23. The Bertz CT molecular complexity index is 598. The minimum atomic E-state index is -0.158. The summed E-state index contributed by atoms with van der Waals surface area (Å²) in [6, 6.07) is 14.9. The highest BCUT2D eigenvalue weighted by Crippen LogP contribution is 2.19. The van der Waals surface area contributed by atoms with Crippen LogP contribution in [-0.4, -0.2) is 5.91 Å². The molecule has 2 aromatic carbocycles. The van der Waals surface area contributed by atoms with E-state index in [0.717, 1.165) is 10.0 Å². The van der Waals surface area contributed by atoms with E-state index in [9.17, 15) is 4.79 Å². The highest BCUT2D eigenvalue weighted by atomic mass is 79.9. The monoisotopic (exact) mass is 333 g/mol. The number of amides is 1. The molecule has 2 aromatic rings. The van der Waals surface area contributed by atoms with Gasteiger partial charge in [0.2, 0.25) is 0 Å². The molecule has 0 heterocycles. The molecule has 0 aliphatic heterocycles. The third kappa shape index (κ3) is 3.37. The van der Waals surface area contributed by atoms with Gasteiger partial charge in [-0.3, -0.25) is 10.6 Å². The second-order valence-electron chi connectivity index (χ2n) is 4.44. The number of hydrogen-bond donors (Lipinski definition) is 3. The van der Waals surface area contributed by atoms with Crippen LogP contribution in [0.5, 0.6) is 0 Å². The van der Waals surface area contributed by atoms with Crippen LogP contribution in [0, 0.1) is 0 Å². The van der Waals surface area contributed by atoms with Crippen LogP contribution in [0.25, 0.3) is 0 Å². The van der Waals surface area contributed by atoms with Gasteiger partial charge in [-0.05, 0) is 36.8 Å². The van der Waals surface area contributed by atoms with E-state index in [4.69, 9.17) is 5.84 Å². The molecule has 0 fully saturated rings. The van der Waals surface area contributed by atoms with Crippen LogP contribution in [0.2, 0.25) is 0 Å². The van der Waals surface area contributed by atoms with Gasteiger partial charge in [-0.25, -0.2) is 0 Å². The molecule has 0 saturated heterocycles. The topological polar surface area (TPSA) is 67.2 Å². The largest absolute Gasteiger partial charge is 0.345 e. The minimum absolute atomic E-state index is 0.0820. The van der Waals surface area contributed by atoms with E-state index >= 15 is 0 Å². The molecular weight excluding hydrogens is 318 g/mol. The zero-order chi connectivity index (χ0) is 14.5. The standard InChI is InChI=1S/C15H16BrN3O/c1-10(11-6-8-12(16)9-7-11)18-15(20)13-4-2-3-5-14(13)19-17/h2-10,19H,17H2,1H3,(H,18,20). The smallest absolute Gasteiger partial charge is 0.253 e. The zero-order valence-electron chi connectivity index (χ0n) is 11.1. The molecule has 0 bridgehead atoms. The average molecular weight is 334 g/mol. The van der Waals surface area contributed by atoms with Crippen LogP contribution in [-0.2, 0) is 0 Å². The van der Waals surface area contributed by atoms with Gasteiger partial charge in [0.05, 0.1) is 17.3 Å². The lowest BCUT2D eigenvalue weighted by molar-refractivity contribution is 0.0940. The number of hydrogen-bond acceptors (Lipinski definition) is 3. The highest BCUT2D eigenvalue weighted by molar-refractivity contribution is 9.10. The van der Waals surface area contributed by atoms with Gasteiger partial charge in [0.25, 0.3) is 5.91 Å². The fourth-order valence-electron chi connectivity index (χ4n) is 1.92. The number of para-hydroxylation sites is 1. The Balaban J connectivity index is 2.13. The van der Waals surface area contributed by atoms with Crippen molar-refractivity contribution in [2.24, 2.45) is 5.84 Å². The van der Waals surface area contributed by atoms with Gasteiger partial charge in [-0.2, -0.15) is 0 Å². The van der Waals surface area contributed by atoms with Gasteiger partial charge in [0, 0.05) is 4.47 Å². The van der Waals surface area contributed by atoms with E-state index in [-0.39, 0.29) is 11.9 Å². The van der Waals surface area contributed by atoms with Crippen molar-refractivity contribution in [2.45, 2.75) is 13.0 Å². The molecule has 0 aromatic heterocycles. The SMILES string of the molecule is CC(NC(=O)c1ccccc1NN)c1ccc(Br)cc1. The summed E-state index contributed by atoms with van der Waals surface area (Å²) >= 11 is 3.39. The molecule has 20 heavy (non-hydrogen) atoms. The molecule has 0 aliphatic carbocycles. The van der Waals surface area contributed by atoms with E-state index in [1.165, 1.54) is 0 Å². The maximum atomic E-state index is 12.3. The molecule has 2 rings (SSSR count). The summed E-state index contributed by atoms with van der Waals surface area (Å²) in [6.45, 7) is 1.94. The van der Waals surface area contributed by atoms with Crippen molar-refractivity contribution in [3.63, 3.8) is 0 Å². The third-order valence-corrected chi connectivity index (χ3v) is 3.57. The highest BCUT2D eigenvalue weighted by Gasteiger charge is 2.14. The number of benzene rings is 2. The molecule has 0 aliphatic rings. The van der Waals surface area contributed by atoms with Gasteiger partial charge in [-0.1, -0.05) is 40.2 Å². The van der Waals surface area contributed by atoms with Crippen LogP contribution in [0.1, 0.15) is 28.9 Å². The molecule has 4 N–H and O–H groups in total. The Labute approximate surface area is 126 Å². The molecule has 0 radical (unpaired) electrons. The van der Waals surface area contributed by atoms with Crippen molar-refractivity contribution < 1.29 is 4.79 Å². The van der Waals surface area contributed by atoms with E-state index in [1.807, 2.05) is 37.3 Å². The van der Waals surface area contributed by atoms with Gasteiger partial charge < -0.3 is 10.7 Å². The van der Waals surface area contributed by atoms with Crippen molar-refractivity contribution in [1.82, 2.24) is 5.32 Å². The maximum absolute atomic E-state index is 12.3. The van der Waals surface area contributed by atoms with Crippen LogP contribution in [0.3, 0.4) is 0 Å². The Morgan fingerprint density at radius 2 is 1.80 bits per heavy atom. The van der Waals surface area contributed by atoms with Crippen molar-refractivity contribution in [3.05, 3.63) is 64.1 Å². The summed E-state index contributed by atoms with van der Waals surface area (Å²) in [6.07, 6.45) is 0. The minimum Gasteiger partial charge on any atom is -0.345 e. The predicted molar refractivity (Wildman–Crippen MR) is 84.3 cm³/mol. The molecule has 0 saturated carbocycles. The lowest BCUT2D eigenvalue weighted by Gasteiger charge is -2.16. The average Bonchev–Trinajstić information content (AvgIpc) is 2.47. The van der Waals surface area contributed by atoms with E-state index in [1.54, 1.807) is 18.2 Å². The molecule has 1 atom stereocenters. The maximum Gasteiger partial charge on any atom is 0.253 e. The lowest BCUT2D eigenvalue weighted by atomic mass is 10.1. The van der Waals surface area contributed by atoms with Crippen LogP contribution >= 0.6 is 15.9 Å². The van der Waals surface area contributed by atoms with Crippen molar-refractivity contribution in [3.8, 4) is 0 Å². The summed E-state index contributed by atoms with van der Waals surface area (Å²) < 4.78 is 1.01. The summed E-state index contributed by atoms with van der Waals surface area (Å²) in [7, 11) is 0. The summed E-state index contributed by atoms with van der Waals surface area (Å²) in [5.74, 6) is 5.25. The summed E-state index contributed by atoms with van der Waals surface area (Å²) in [5.41, 5.74) is 4.70. The van der Waals surface area contributed by atoms with Crippen molar-refractivity contribution in [1.29, 1.82) is 0 Å². The Morgan fingerprint density at radius 1 is 1.15 bits per heavy atom. The first kappa shape index (κ1) is 14.6. The number of anilines is 1. The third-order valence-electron chi connectivity index (χ3n) is 3.04. The Kier molecular flexibility index (Phi) is 4.76. The van der Waals surface area contributed by atoms with Crippen LogP contribution in [0.4, 0.5) is 5.69 Å². The summed E-state index contributed by atoms with van der Waals surface area (Å²) in [4.78, 5) is 12.3. The molecule has 104 valence electrons. The number of nitrogens with two attached hydrogens (primary N) is 1. The van der Waals surface area contributed by atoms with Crippen molar-refractivity contribution in [2.75, 3.05) is 5.43 Å². The normalized spacial score (nSPS) is 11.8. The molecule has 0 spiro atoms. The Hall–Kier alpha value is -1.85. The molecule has 1 unspecified atom stereocenters. The molecule has 5 heteroatoms. The molecule has 1 amide bonds. The molecule has 4 nitrogen and oxygen atoms in total. The fraction of sp³-hybridized carbons (Fsp3) is 0.133. The first-order valence-corrected chi connectivity index (χ1v) is 7.03. The van der Waals surface area contributed by atoms with Gasteiger partial charge in [0.1, 0.15) is 0 Å². The second kappa shape index (κ2) is 6.54. The zero-order valence-corrected chi connectivity index (χ0v) is 12.6. The number of halogens is 1. The van der Waals surface area contributed by atoms with Gasteiger partial charge >= 0.3 is 0 Å². The number of nitrogens with one attached hydrogen (secondary N) is 2. The second-order valence-corrected chi connectivity index (χ2v) is 5.35. The number of hydrazine groups is 1. The van der Waals surface area contributed by atoms with Gasteiger partial charge in [-0.15, -0.1) is 0 Å². The number of carbonyl (C=O) groups is 1. The fourth-order valence-corrected chi connectivity index (χ4v) is 2.18. The number of rotatable bonds is 4. The van der Waals surface area contributed by atoms with Gasteiger partial charge in [0.15, 0.2) is 0 Å². The number of nitrogen functional groups attached to an aromatic ring is 1.